The van der Waals surface area contributed by atoms with Crippen molar-refractivity contribution >= 4 is 35.8 Å². The first kappa shape index (κ1) is 46.6. The number of aromatic nitrogens is 9. The molecular weight excluding hydrogens is 762 g/mol. The van der Waals surface area contributed by atoms with E-state index in [0.29, 0.717) is 51.4 Å². The highest BCUT2D eigenvalue weighted by atomic mass is 16.5. The molecular formula is C37H55N9O12. The largest absolute Gasteiger partial charge is 0.464 e. The SMILES string of the molecule is CCC(C)C(n1nnc(C(=O)OCCCCCCn2nnc(C(=O)OC)c2C(=O)OC)c1C(=O)OCCCCCCn1nnc(C(=O)OC)c1C(=O)OC)C(C)(C)C. The first-order valence-corrected chi connectivity index (χ1v) is 19.2. The van der Waals surface area contributed by atoms with Crippen molar-refractivity contribution in [2.45, 2.75) is 112 Å². The van der Waals surface area contributed by atoms with Crippen LogP contribution in [0.3, 0.4) is 0 Å². The number of esters is 6. The second-order valence-corrected chi connectivity index (χ2v) is 14.5. The van der Waals surface area contributed by atoms with Gasteiger partial charge in [0.15, 0.2) is 17.1 Å². The average Bonchev–Trinajstić information content (AvgIpc) is 3.95. The highest BCUT2D eigenvalue weighted by Gasteiger charge is 2.38. The fourth-order valence-corrected chi connectivity index (χ4v) is 6.41. The Hall–Kier alpha value is -5.76. The van der Waals surface area contributed by atoms with Gasteiger partial charge in [-0.15, -0.1) is 15.3 Å². The molecule has 0 aromatic carbocycles. The van der Waals surface area contributed by atoms with Gasteiger partial charge in [-0.3, -0.25) is 0 Å². The molecule has 0 aliphatic heterocycles. The molecule has 0 radical (unpaired) electrons. The van der Waals surface area contributed by atoms with E-state index in [4.69, 9.17) is 18.9 Å². The van der Waals surface area contributed by atoms with Gasteiger partial charge in [0.2, 0.25) is 17.1 Å². The zero-order valence-electron chi connectivity index (χ0n) is 34.8. The Balaban J connectivity index is 1.59. The van der Waals surface area contributed by atoms with Crippen LogP contribution in [0.1, 0.15) is 161 Å². The molecule has 3 aromatic rings. The van der Waals surface area contributed by atoms with E-state index in [2.05, 4.69) is 40.4 Å². The maximum absolute atomic E-state index is 13.7. The van der Waals surface area contributed by atoms with E-state index in [1.807, 2.05) is 34.6 Å². The summed E-state index contributed by atoms with van der Waals surface area (Å²) in [6.07, 6.45) is 5.59. The van der Waals surface area contributed by atoms with Crippen LogP contribution in [0, 0.1) is 11.3 Å². The van der Waals surface area contributed by atoms with Crippen molar-refractivity contribution in [1.29, 1.82) is 0 Å². The summed E-state index contributed by atoms with van der Waals surface area (Å²) in [6, 6.07) is -0.297. The first-order chi connectivity index (χ1) is 27.7. The zero-order valence-corrected chi connectivity index (χ0v) is 34.8. The summed E-state index contributed by atoms with van der Waals surface area (Å²) in [6.45, 7) is 10.9. The number of rotatable bonds is 23. The fraction of sp³-hybridized carbons (Fsp3) is 0.676. The summed E-state index contributed by atoms with van der Waals surface area (Å²) >= 11 is 0. The van der Waals surface area contributed by atoms with Crippen LogP contribution in [0.25, 0.3) is 0 Å². The van der Waals surface area contributed by atoms with Gasteiger partial charge >= 0.3 is 35.8 Å². The number of unbranched alkanes of at least 4 members (excludes halogenated alkanes) is 6. The monoisotopic (exact) mass is 817 g/mol. The van der Waals surface area contributed by atoms with Gasteiger partial charge in [0.05, 0.1) is 47.7 Å². The van der Waals surface area contributed by atoms with Crippen LogP contribution in [-0.4, -0.2) is 122 Å². The van der Waals surface area contributed by atoms with Crippen LogP contribution in [0.5, 0.6) is 0 Å². The van der Waals surface area contributed by atoms with Gasteiger partial charge in [-0.2, -0.15) is 0 Å². The third-order valence-corrected chi connectivity index (χ3v) is 9.39. The van der Waals surface area contributed by atoms with Crippen molar-refractivity contribution in [3.8, 4) is 0 Å². The smallest absolute Gasteiger partial charge is 0.361 e. The summed E-state index contributed by atoms with van der Waals surface area (Å²) in [5.41, 5.74) is -1.32. The summed E-state index contributed by atoms with van der Waals surface area (Å²) in [7, 11) is 4.73. The van der Waals surface area contributed by atoms with Gasteiger partial charge in [0.25, 0.3) is 0 Å². The van der Waals surface area contributed by atoms with E-state index in [-0.39, 0.29) is 77.8 Å². The quantitative estimate of drug-likeness (QED) is 0.0742. The second-order valence-electron chi connectivity index (χ2n) is 14.5. The highest BCUT2D eigenvalue weighted by molar-refractivity contribution is 6.01. The lowest BCUT2D eigenvalue weighted by Crippen LogP contribution is -2.33. The third kappa shape index (κ3) is 11.9. The van der Waals surface area contributed by atoms with Gasteiger partial charge in [0.1, 0.15) is 0 Å². The molecule has 0 bridgehead atoms. The lowest BCUT2D eigenvalue weighted by molar-refractivity contribution is 0.0425. The number of methoxy groups -OCH3 is 4. The number of aryl methyl sites for hydroxylation is 2. The average molecular weight is 818 g/mol. The van der Waals surface area contributed by atoms with E-state index in [9.17, 15) is 28.8 Å². The molecule has 0 saturated carbocycles. The maximum Gasteiger partial charge on any atom is 0.361 e. The first-order valence-electron chi connectivity index (χ1n) is 19.2. The lowest BCUT2D eigenvalue weighted by atomic mass is 9.78. The summed E-state index contributed by atoms with van der Waals surface area (Å²) in [4.78, 5) is 75.6. The number of hydrogen-bond acceptors (Lipinski definition) is 18. The molecule has 0 fully saturated rings. The third-order valence-electron chi connectivity index (χ3n) is 9.39. The van der Waals surface area contributed by atoms with Crippen molar-refractivity contribution < 1.29 is 57.2 Å². The topological polar surface area (TPSA) is 250 Å². The van der Waals surface area contributed by atoms with E-state index < -0.39 is 35.8 Å². The van der Waals surface area contributed by atoms with Crippen molar-refractivity contribution in [3.63, 3.8) is 0 Å². The van der Waals surface area contributed by atoms with Crippen LogP contribution in [0.4, 0.5) is 0 Å². The standard InChI is InChI=1S/C37H55N9O12/c1-10-23(2)30(37(3,4)5)46-29(36(52)58-22-18-14-12-16-20-45-28(35(51)56-9)25(39-42-45)32(48)54-7)26(40-43-46)33(49)57-21-17-13-11-15-19-44-27(34(50)55-8)24(38-41-44)31(47)53-6/h23,30H,10-22H2,1-9H3. The minimum Gasteiger partial charge on any atom is -0.464 e. The van der Waals surface area contributed by atoms with Gasteiger partial charge < -0.3 is 28.4 Å². The van der Waals surface area contributed by atoms with Crippen molar-refractivity contribution in [1.82, 2.24) is 45.0 Å². The number of carbonyl (C=O) groups excluding carboxylic acids is 6. The van der Waals surface area contributed by atoms with Crippen LogP contribution >= 0.6 is 0 Å². The van der Waals surface area contributed by atoms with Crippen LogP contribution in [0.15, 0.2) is 0 Å². The van der Waals surface area contributed by atoms with Crippen molar-refractivity contribution in [2.75, 3.05) is 41.7 Å². The molecule has 21 nitrogen and oxygen atoms in total. The summed E-state index contributed by atoms with van der Waals surface area (Å²) in [5, 5.41) is 23.7. The van der Waals surface area contributed by atoms with Crippen LogP contribution in [0.2, 0.25) is 0 Å². The molecule has 3 aromatic heterocycles. The van der Waals surface area contributed by atoms with Crippen LogP contribution in [-0.2, 0) is 41.5 Å². The molecule has 0 spiro atoms. The molecule has 0 aliphatic carbocycles. The maximum atomic E-state index is 13.7. The Morgan fingerprint density at radius 3 is 1.34 bits per heavy atom. The van der Waals surface area contributed by atoms with Gasteiger partial charge in [0, 0.05) is 13.1 Å². The predicted octanol–water partition coefficient (Wildman–Crippen LogP) is 4.08. The van der Waals surface area contributed by atoms with E-state index >= 15 is 0 Å². The Bertz CT molecular complexity index is 1880. The van der Waals surface area contributed by atoms with Crippen molar-refractivity contribution in [3.05, 3.63) is 34.2 Å². The molecule has 21 heteroatoms. The Labute approximate surface area is 336 Å². The van der Waals surface area contributed by atoms with E-state index in [0.717, 1.165) is 6.42 Å². The number of carbonyl (C=O) groups is 6. The molecule has 0 N–H and O–H groups in total. The summed E-state index contributed by atoms with van der Waals surface area (Å²) < 4.78 is 34.2. The Morgan fingerprint density at radius 2 is 0.931 bits per heavy atom. The molecule has 0 saturated heterocycles. The lowest BCUT2D eigenvalue weighted by Gasteiger charge is -2.35. The second kappa shape index (κ2) is 22.3. The van der Waals surface area contributed by atoms with Crippen molar-refractivity contribution in [2.24, 2.45) is 11.3 Å². The van der Waals surface area contributed by atoms with Gasteiger partial charge in [-0.25, -0.2) is 42.8 Å². The predicted molar refractivity (Wildman–Crippen MR) is 201 cm³/mol. The number of ether oxygens (including phenoxy) is 6. The molecule has 2 unspecified atom stereocenters. The van der Waals surface area contributed by atoms with Gasteiger partial charge in [-0.1, -0.05) is 69.5 Å². The van der Waals surface area contributed by atoms with E-state index in [1.165, 1.54) is 42.5 Å². The number of hydrogen-bond donors (Lipinski definition) is 0. The Kier molecular flexibility index (Phi) is 17.9. The summed E-state index contributed by atoms with van der Waals surface area (Å²) in [5.74, 6) is -4.60. The Morgan fingerprint density at radius 1 is 0.534 bits per heavy atom. The normalized spacial score (nSPS) is 12.4. The highest BCUT2D eigenvalue weighted by Crippen LogP contribution is 2.39. The molecule has 0 aliphatic rings. The van der Waals surface area contributed by atoms with Crippen LogP contribution < -0.4 is 0 Å². The molecule has 2 atom stereocenters. The molecule has 3 heterocycles. The van der Waals surface area contributed by atoms with E-state index in [1.54, 1.807) is 0 Å². The number of nitrogens with zero attached hydrogens (tertiary/aromatic N) is 9. The fourth-order valence-electron chi connectivity index (χ4n) is 6.41. The zero-order chi connectivity index (χ0) is 43.0. The molecule has 320 valence electrons. The molecule has 3 rings (SSSR count). The van der Waals surface area contributed by atoms with Gasteiger partial charge in [-0.05, 0) is 49.9 Å². The minimum absolute atomic E-state index is 0.0528. The molecule has 58 heavy (non-hydrogen) atoms. The molecule has 0 amide bonds. The minimum atomic E-state index is -0.802.